The van der Waals surface area contributed by atoms with Crippen LogP contribution < -0.4 is 11.1 Å². The van der Waals surface area contributed by atoms with Crippen LogP contribution in [0.4, 0.5) is 5.82 Å². The van der Waals surface area contributed by atoms with Gasteiger partial charge in [0.1, 0.15) is 17.5 Å². The number of anilines is 1. The first-order chi connectivity index (χ1) is 15.5. The average molecular weight is 439 g/mol. The Morgan fingerprint density at radius 2 is 1.94 bits per heavy atom. The number of carbonyl (C=O) groups excluding carboxylic acids is 1. The lowest BCUT2D eigenvalue weighted by molar-refractivity contribution is -0.131. The van der Waals surface area contributed by atoms with Crippen molar-refractivity contribution in [3.05, 3.63) is 41.6 Å². The van der Waals surface area contributed by atoms with Crippen molar-refractivity contribution < 1.29 is 4.79 Å². The lowest BCUT2D eigenvalue weighted by Gasteiger charge is -2.25. The van der Waals surface area contributed by atoms with Crippen molar-refractivity contribution in [1.29, 1.82) is 5.26 Å². The Morgan fingerprint density at radius 1 is 1.25 bits per heavy atom. The third-order valence-electron chi connectivity index (χ3n) is 5.12. The van der Waals surface area contributed by atoms with Crippen molar-refractivity contribution in [2.75, 3.05) is 45.5 Å². The number of likely N-dealkylation sites (N-methyl/N-ethyl adjacent to an activating group) is 2. The van der Waals surface area contributed by atoms with Gasteiger partial charge < -0.3 is 20.9 Å². The number of nitrogens with zero attached hydrogens (tertiary/aromatic N) is 6. The molecule has 0 saturated carbocycles. The Balaban J connectivity index is 2.04. The molecule has 1 amide bonds. The Labute approximate surface area is 190 Å². The van der Waals surface area contributed by atoms with Gasteiger partial charge in [-0.05, 0) is 45.7 Å². The number of benzene rings is 1. The predicted molar refractivity (Wildman–Crippen MR) is 128 cm³/mol. The van der Waals surface area contributed by atoms with Crippen LogP contribution in [0.25, 0.3) is 5.69 Å². The molecule has 0 atom stereocenters. The molecular formula is C23H34N8O. The summed E-state index contributed by atoms with van der Waals surface area (Å²) in [5.41, 5.74) is 8.06. The number of nitrogens with two attached hydrogens (primary N) is 1. The highest BCUT2D eigenvalue weighted by atomic mass is 16.2. The lowest BCUT2D eigenvalue weighted by Crippen LogP contribution is -2.45. The number of nitrogen functional groups attached to an aromatic ring is 1. The molecule has 2 aromatic rings. The second-order valence-electron chi connectivity index (χ2n) is 7.33. The Kier molecular flexibility index (Phi) is 9.54. The van der Waals surface area contributed by atoms with E-state index in [1.54, 1.807) is 9.58 Å². The van der Waals surface area contributed by atoms with E-state index in [0.29, 0.717) is 62.1 Å². The molecule has 0 radical (unpaired) electrons. The second kappa shape index (κ2) is 12.3. The van der Waals surface area contributed by atoms with E-state index in [1.807, 2.05) is 63.1 Å². The van der Waals surface area contributed by atoms with E-state index in [0.717, 1.165) is 5.69 Å². The maximum absolute atomic E-state index is 12.4. The highest BCUT2D eigenvalue weighted by Crippen LogP contribution is 2.21. The van der Waals surface area contributed by atoms with Crippen molar-refractivity contribution in [1.82, 2.24) is 24.9 Å². The average Bonchev–Trinajstić information content (AvgIpc) is 3.12. The van der Waals surface area contributed by atoms with E-state index < -0.39 is 0 Å². The van der Waals surface area contributed by atoms with E-state index in [2.05, 4.69) is 21.5 Å². The van der Waals surface area contributed by atoms with Gasteiger partial charge in [0.2, 0.25) is 5.91 Å². The minimum Gasteiger partial charge on any atom is -0.382 e. The number of hydrogen-bond acceptors (Lipinski definition) is 5. The summed E-state index contributed by atoms with van der Waals surface area (Å²) in [6.45, 7) is 8.84. The minimum atomic E-state index is 0.0729. The van der Waals surface area contributed by atoms with Crippen LogP contribution in [-0.2, 0) is 11.2 Å². The number of aromatic nitrogens is 2. The van der Waals surface area contributed by atoms with Gasteiger partial charge in [-0.2, -0.15) is 10.4 Å². The molecule has 1 heterocycles. The summed E-state index contributed by atoms with van der Waals surface area (Å²) in [5.74, 6) is 1.10. The van der Waals surface area contributed by atoms with Crippen LogP contribution in [0.3, 0.4) is 0 Å². The van der Waals surface area contributed by atoms with Gasteiger partial charge >= 0.3 is 0 Å². The van der Waals surface area contributed by atoms with Gasteiger partial charge in [-0.15, -0.1) is 0 Å². The number of para-hydroxylation sites is 1. The first-order valence-corrected chi connectivity index (χ1v) is 11.1. The van der Waals surface area contributed by atoms with Gasteiger partial charge in [0.25, 0.3) is 0 Å². The molecule has 1 aromatic carbocycles. The maximum atomic E-state index is 12.4. The third kappa shape index (κ3) is 6.23. The molecule has 2 rings (SSSR count). The number of aryl methyl sites for hydroxylation is 1. The molecule has 32 heavy (non-hydrogen) atoms. The molecule has 1 aromatic heterocycles. The van der Waals surface area contributed by atoms with Gasteiger partial charge in [-0.1, -0.05) is 18.2 Å². The zero-order valence-corrected chi connectivity index (χ0v) is 19.5. The smallest absolute Gasteiger partial charge is 0.242 e. The zero-order chi connectivity index (χ0) is 23.5. The van der Waals surface area contributed by atoms with Gasteiger partial charge in [-0.25, -0.2) is 4.68 Å². The van der Waals surface area contributed by atoms with Crippen LogP contribution in [0.5, 0.6) is 0 Å². The third-order valence-corrected chi connectivity index (χ3v) is 5.12. The van der Waals surface area contributed by atoms with Crippen molar-refractivity contribution in [2.24, 2.45) is 4.99 Å². The molecule has 9 nitrogen and oxygen atoms in total. The van der Waals surface area contributed by atoms with E-state index in [1.165, 1.54) is 0 Å². The molecule has 3 N–H and O–H groups in total. The molecule has 0 aliphatic heterocycles. The van der Waals surface area contributed by atoms with Gasteiger partial charge in [0.05, 0.1) is 17.9 Å². The quantitative estimate of drug-likeness (QED) is 0.333. The maximum Gasteiger partial charge on any atom is 0.242 e. The van der Waals surface area contributed by atoms with Crippen LogP contribution >= 0.6 is 0 Å². The van der Waals surface area contributed by atoms with Crippen molar-refractivity contribution >= 4 is 17.7 Å². The van der Waals surface area contributed by atoms with Crippen LogP contribution in [-0.4, -0.2) is 71.2 Å². The largest absolute Gasteiger partial charge is 0.382 e. The van der Waals surface area contributed by atoms with E-state index >= 15 is 0 Å². The number of guanidine groups is 1. The summed E-state index contributed by atoms with van der Waals surface area (Å²) >= 11 is 0. The Bertz CT molecular complexity index is 941. The fourth-order valence-electron chi connectivity index (χ4n) is 3.40. The monoisotopic (exact) mass is 438 g/mol. The summed E-state index contributed by atoms with van der Waals surface area (Å²) in [6, 6.07) is 11.7. The standard InChI is InChI=1S/C23H34N8O/c1-5-26-23(29(4)17-21(32)30(6-2)7-3)27-15-11-14-20-19(16-24)22(25)31(28-20)18-12-9-8-10-13-18/h8-10,12-13H,5-7,11,14-15,17,25H2,1-4H3,(H,26,27). The second-order valence-corrected chi connectivity index (χ2v) is 7.33. The van der Waals surface area contributed by atoms with Crippen LogP contribution in [0.1, 0.15) is 38.4 Å². The number of nitrogens with one attached hydrogen (secondary N) is 1. The first kappa shape index (κ1) is 24.7. The molecule has 9 heteroatoms. The molecule has 172 valence electrons. The number of amides is 1. The van der Waals surface area contributed by atoms with Crippen molar-refractivity contribution in [2.45, 2.75) is 33.6 Å². The SMILES string of the molecule is CCNC(=NCCCc1nn(-c2ccccc2)c(N)c1C#N)N(C)CC(=O)N(CC)CC. The van der Waals surface area contributed by atoms with E-state index in [-0.39, 0.29) is 12.5 Å². The van der Waals surface area contributed by atoms with Crippen LogP contribution in [0, 0.1) is 11.3 Å². The summed E-state index contributed by atoms with van der Waals surface area (Å²) in [6.07, 6.45) is 1.28. The summed E-state index contributed by atoms with van der Waals surface area (Å²) in [5, 5.41) is 17.3. The number of hydrogen-bond donors (Lipinski definition) is 2. The number of carbonyl (C=O) groups is 1. The number of aliphatic imine (C=N–C) groups is 1. The molecule has 0 fully saturated rings. The highest BCUT2D eigenvalue weighted by molar-refractivity contribution is 5.86. The van der Waals surface area contributed by atoms with Gasteiger partial charge in [-0.3, -0.25) is 9.79 Å². The van der Waals surface area contributed by atoms with E-state index in [4.69, 9.17) is 5.73 Å². The normalized spacial score (nSPS) is 11.2. The lowest BCUT2D eigenvalue weighted by atomic mass is 10.1. The van der Waals surface area contributed by atoms with Gasteiger partial charge in [0, 0.05) is 33.2 Å². The van der Waals surface area contributed by atoms with E-state index in [9.17, 15) is 10.1 Å². The van der Waals surface area contributed by atoms with Crippen LogP contribution in [0.2, 0.25) is 0 Å². The summed E-state index contributed by atoms with van der Waals surface area (Å²) in [7, 11) is 1.86. The summed E-state index contributed by atoms with van der Waals surface area (Å²) in [4.78, 5) is 20.7. The Hall–Kier alpha value is -3.54. The number of rotatable bonds is 10. The number of nitriles is 1. The molecule has 0 spiro atoms. The first-order valence-electron chi connectivity index (χ1n) is 11.1. The zero-order valence-electron chi connectivity index (χ0n) is 19.5. The van der Waals surface area contributed by atoms with Gasteiger partial charge in [0.15, 0.2) is 5.96 Å². The molecule has 0 aliphatic carbocycles. The fourth-order valence-corrected chi connectivity index (χ4v) is 3.40. The molecule has 0 unspecified atom stereocenters. The minimum absolute atomic E-state index is 0.0729. The van der Waals surface area contributed by atoms with Crippen molar-refractivity contribution in [3.8, 4) is 11.8 Å². The molecule has 0 bridgehead atoms. The topological polar surface area (TPSA) is 116 Å². The highest BCUT2D eigenvalue weighted by Gasteiger charge is 2.17. The van der Waals surface area contributed by atoms with Crippen LogP contribution in [0.15, 0.2) is 35.3 Å². The molecule has 0 saturated heterocycles. The fraction of sp³-hybridized carbons (Fsp3) is 0.478. The summed E-state index contributed by atoms with van der Waals surface area (Å²) < 4.78 is 1.60. The molecular weight excluding hydrogens is 404 g/mol. The Morgan fingerprint density at radius 3 is 2.53 bits per heavy atom. The van der Waals surface area contributed by atoms with Crippen molar-refractivity contribution in [3.63, 3.8) is 0 Å². The molecule has 0 aliphatic rings. The predicted octanol–water partition coefficient (Wildman–Crippen LogP) is 2.02.